The van der Waals surface area contributed by atoms with Gasteiger partial charge in [0.1, 0.15) is 11.2 Å². The van der Waals surface area contributed by atoms with Gasteiger partial charge in [-0.05, 0) is 27.7 Å². The maximum Gasteiger partial charge on any atom is 0.325 e. The number of nitrogens with one attached hydrogen (secondary N) is 1. The predicted octanol–water partition coefficient (Wildman–Crippen LogP) is -0.198. The summed E-state index contributed by atoms with van der Waals surface area (Å²) in [6.45, 7) is 7.67. The van der Waals surface area contributed by atoms with E-state index < -0.39 is 11.1 Å². The zero-order chi connectivity index (χ0) is 15.1. The molecule has 0 aromatic carbocycles. The number of hydrogen-bond donors (Lipinski definition) is 2. The van der Waals surface area contributed by atoms with E-state index in [1.54, 1.807) is 24.7 Å². The summed E-state index contributed by atoms with van der Waals surface area (Å²) in [6, 6.07) is -0.375. The summed E-state index contributed by atoms with van der Waals surface area (Å²) in [7, 11) is 0. The molecule has 2 rings (SSSR count). The molecule has 2 heterocycles. The molecule has 1 aliphatic rings. The summed E-state index contributed by atoms with van der Waals surface area (Å²) in [5.41, 5.74) is 5.17. The summed E-state index contributed by atoms with van der Waals surface area (Å²) < 4.78 is 1.58. The van der Waals surface area contributed by atoms with Gasteiger partial charge >= 0.3 is 6.03 Å². The Morgan fingerprint density at radius 1 is 1.35 bits per heavy atom. The molecule has 1 aromatic rings. The molecule has 8 heteroatoms. The molecular weight excluding hydrogens is 260 g/mol. The van der Waals surface area contributed by atoms with Crippen LogP contribution in [0.5, 0.6) is 0 Å². The Balaban J connectivity index is 2.01. The molecule has 0 saturated carbocycles. The van der Waals surface area contributed by atoms with E-state index in [9.17, 15) is 9.59 Å². The Kier molecular flexibility index (Phi) is 3.29. The lowest BCUT2D eigenvalue weighted by molar-refractivity contribution is -0.130. The Hall–Kier alpha value is -1.96. The third-order valence-corrected chi connectivity index (χ3v) is 3.20. The van der Waals surface area contributed by atoms with E-state index in [0.717, 1.165) is 0 Å². The fourth-order valence-corrected chi connectivity index (χ4v) is 1.93. The number of amides is 3. The highest BCUT2D eigenvalue weighted by atomic mass is 16.2. The van der Waals surface area contributed by atoms with Gasteiger partial charge in [-0.25, -0.2) is 4.79 Å². The van der Waals surface area contributed by atoms with Gasteiger partial charge < -0.3 is 11.1 Å². The number of carbonyl (C=O) groups is 2. The van der Waals surface area contributed by atoms with E-state index >= 15 is 0 Å². The first kappa shape index (κ1) is 14.4. The van der Waals surface area contributed by atoms with Crippen LogP contribution in [0.3, 0.4) is 0 Å². The molecule has 0 unspecified atom stereocenters. The van der Waals surface area contributed by atoms with Crippen LogP contribution in [-0.2, 0) is 16.9 Å². The Morgan fingerprint density at radius 2 is 2.00 bits per heavy atom. The summed E-state index contributed by atoms with van der Waals surface area (Å²) >= 11 is 0. The fraction of sp³-hybridized carbons (Fsp3) is 0.667. The van der Waals surface area contributed by atoms with Gasteiger partial charge in [-0.1, -0.05) is 5.21 Å². The van der Waals surface area contributed by atoms with Crippen LogP contribution in [0.15, 0.2) is 6.20 Å². The Labute approximate surface area is 117 Å². The second kappa shape index (κ2) is 4.55. The van der Waals surface area contributed by atoms with Crippen LogP contribution in [0.25, 0.3) is 0 Å². The van der Waals surface area contributed by atoms with Gasteiger partial charge in [0.25, 0.3) is 5.91 Å². The molecule has 0 atom stereocenters. The van der Waals surface area contributed by atoms with Crippen molar-refractivity contribution in [2.75, 3.05) is 6.54 Å². The molecule has 0 spiro atoms. The third kappa shape index (κ3) is 2.64. The SMILES string of the molecule is CC1(C)NC(=O)N(CCn2cc(C(C)(C)N)nn2)C1=O. The number of carbonyl (C=O) groups excluding carboxylic acids is 2. The number of imide groups is 1. The van der Waals surface area contributed by atoms with E-state index in [0.29, 0.717) is 12.2 Å². The van der Waals surface area contributed by atoms with Crippen LogP contribution >= 0.6 is 0 Å². The fourth-order valence-electron chi connectivity index (χ4n) is 1.93. The Morgan fingerprint density at radius 3 is 2.45 bits per heavy atom. The first-order valence-corrected chi connectivity index (χ1v) is 6.45. The van der Waals surface area contributed by atoms with Crippen molar-refractivity contribution in [3.05, 3.63) is 11.9 Å². The van der Waals surface area contributed by atoms with Crippen LogP contribution in [0.1, 0.15) is 33.4 Å². The number of nitrogens with two attached hydrogens (primary N) is 1. The Bertz CT molecular complexity index is 542. The first-order chi connectivity index (χ1) is 9.11. The molecule has 3 amide bonds. The number of urea groups is 1. The molecule has 0 radical (unpaired) electrons. The first-order valence-electron chi connectivity index (χ1n) is 6.45. The average Bonchev–Trinajstić information content (AvgIpc) is 2.82. The number of rotatable bonds is 4. The van der Waals surface area contributed by atoms with Crippen LogP contribution in [-0.4, -0.2) is 43.9 Å². The monoisotopic (exact) mass is 280 g/mol. The van der Waals surface area contributed by atoms with E-state index in [-0.39, 0.29) is 18.5 Å². The van der Waals surface area contributed by atoms with Gasteiger partial charge in [0.05, 0.1) is 24.8 Å². The van der Waals surface area contributed by atoms with Crippen molar-refractivity contribution in [3.63, 3.8) is 0 Å². The molecule has 110 valence electrons. The highest BCUT2D eigenvalue weighted by molar-refractivity contribution is 6.06. The van der Waals surface area contributed by atoms with E-state index in [1.165, 1.54) is 4.90 Å². The minimum atomic E-state index is -0.843. The quantitative estimate of drug-likeness (QED) is 0.743. The highest BCUT2D eigenvalue weighted by Gasteiger charge is 2.43. The standard InChI is InChI=1S/C12H20N6O2/c1-11(2,13)8-7-17(16-15-8)5-6-18-9(19)12(3,4)14-10(18)20/h7H,5-6,13H2,1-4H3,(H,14,20). The molecule has 3 N–H and O–H groups in total. The molecule has 20 heavy (non-hydrogen) atoms. The molecule has 1 fully saturated rings. The van der Waals surface area contributed by atoms with Crippen molar-refractivity contribution in [2.24, 2.45) is 5.73 Å². The summed E-state index contributed by atoms with van der Waals surface area (Å²) in [5.74, 6) is -0.234. The minimum absolute atomic E-state index is 0.234. The maximum atomic E-state index is 12.0. The highest BCUT2D eigenvalue weighted by Crippen LogP contribution is 2.17. The lowest BCUT2D eigenvalue weighted by Crippen LogP contribution is -2.40. The third-order valence-electron chi connectivity index (χ3n) is 3.20. The van der Waals surface area contributed by atoms with Crippen molar-refractivity contribution in [2.45, 2.75) is 45.3 Å². The van der Waals surface area contributed by atoms with Crippen LogP contribution in [0.2, 0.25) is 0 Å². The summed E-state index contributed by atoms with van der Waals surface area (Å²) in [4.78, 5) is 24.9. The zero-order valence-electron chi connectivity index (χ0n) is 12.2. The van der Waals surface area contributed by atoms with Crippen molar-refractivity contribution >= 4 is 11.9 Å². The summed E-state index contributed by atoms with van der Waals surface area (Å²) in [6.07, 6.45) is 1.73. The second-order valence-electron chi connectivity index (χ2n) is 6.10. The largest absolute Gasteiger partial charge is 0.325 e. The lowest BCUT2D eigenvalue weighted by atomic mass is 10.0. The van der Waals surface area contributed by atoms with Crippen molar-refractivity contribution < 1.29 is 9.59 Å². The molecule has 1 aromatic heterocycles. The van der Waals surface area contributed by atoms with Gasteiger partial charge in [0, 0.05) is 0 Å². The smallest absolute Gasteiger partial charge is 0.324 e. The number of aromatic nitrogens is 3. The molecule has 1 aliphatic heterocycles. The van der Waals surface area contributed by atoms with Gasteiger partial charge in [0.15, 0.2) is 0 Å². The van der Waals surface area contributed by atoms with Crippen molar-refractivity contribution in [1.82, 2.24) is 25.2 Å². The van der Waals surface area contributed by atoms with Gasteiger partial charge in [-0.15, -0.1) is 5.10 Å². The van der Waals surface area contributed by atoms with E-state index in [2.05, 4.69) is 15.6 Å². The average molecular weight is 280 g/mol. The number of nitrogens with zero attached hydrogens (tertiary/aromatic N) is 4. The zero-order valence-corrected chi connectivity index (χ0v) is 12.2. The van der Waals surface area contributed by atoms with Crippen molar-refractivity contribution in [3.8, 4) is 0 Å². The predicted molar refractivity (Wildman–Crippen MR) is 71.6 cm³/mol. The van der Waals surface area contributed by atoms with E-state index in [1.807, 2.05) is 13.8 Å². The lowest BCUT2D eigenvalue weighted by Gasteiger charge is -2.15. The van der Waals surface area contributed by atoms with Gasteiger partial charge in [-0.2, -0.15) is 0 Å². The molecule has 0 aliphatic carbocycles. The topological polar surface area (TPSA) is 106 Å². The molecular formula is C12H20N6O2. The molecule has 0 bridgehead atoms. The second-order valence-corrected chi connectivity index (χ2v) is 6.10. The van der Waals surface area contributed by atoms with Crippen LogP contribution in [0.4, 0.5) is 4.79 Å². The number of hydrogen-bond acceptors (Lipinski definition) is 5. The van der Waals surface area contributed by atoms with E-state index in [4.69, 9.17) is 5.73 Å². The van der Waals surface area contributed by atoms with Crippen LogP contribution < -0.4 is 11.1 Å². The minimum Gasteiger partial charge on any atom is -0.324 e. The van der Waals surface area contributed by atoms with Gasteiger partial charge in [0.2, 0.25) is 0 Å². The van der Waals surface area contributed by atoms with Crippen LogP contribution in [0, 0.1) is 0 Å². The van der Waals surface area contributed by atoms with Gasteiger partial charge in [-0.3, -0.25) is 14.4 Å². The molecule has 8 nitrogen and oxygen atoms in total. The normalized spacial score (nSPS) is 18.6. The maximum absolute atomic E-state index is 12.0. The summed E-state index contributed by atoms with van der Waals surface area (Å²) in [5, 5.41) is 10.6. The van der Waals surface area contributed by atoms with Crippen molar-refractivity contribution in [1.29, 1.82) is 0 Å². The molecule has 1 saturated heterocycles.